The highest BCUT2D eigenvalue weighted by Gasteiger charge is 2.21. The summed E-state index contributed by atoms with van der Waals surface area (Å²) in [6.07, 6.45) is 8.18. The summed E-state index contributed by atoms with van der Waals surface area (Å²) in [6.45, 7) is 5.66. The first-order chi connectivity index (χ1) is 8.29. The maximum absolute atomic E-state index is 3.72. The van der Waals surface area contributed by atoms with E-state index in [1.807, 2.05) is 11.3 Å². The molecule has 0 bridgehead atoms. The van der Waals surface area contributed by atoms with E-state index in [0.29, 0.717) is 0 Å². The van der Waals surface area contributed by atoms with Crippen LogP contribution in [0.25, 0.3) is 0 Å². The van der Waals surface area contributed by atoms with E-state index in [1.165, 1.54) is 49.9 Å². The lowest BCUT2D eigenvalue weighted by Gasteiger charge is -2.20. The molecule has 1 aliphatic carbocycles. The SMILES string of the molecule is CCCNC1CCCCC(c2ccc(C)s2)C1. The van der Waals surface area contributed by atoms with Gasteiger partial charge in [-0.1, -0.05) is 19.8 Å². The fourth-order valence-corrected chi connectivity index (χ4v) is 3.85. The van der Waals surface area contributed by atoms with Crippen molar-refractivity contribution in [1.82, 2.24) is 5.32 Å². The lowest BCUT2D eigenvalue weighted by molar-refractivity contribution is 0.441. The fraction of sp³-hybridized carbons (Fsp3) is 0.733. The largest absolute Gasteiger partial charge is 0.314 e. The molecular weight excluding hydrogens is 226 g/mol. The van der Waals surface area contributed by atoms with E-state index in [4.69, 9.17) is 0 Å². The van der Waals surface area contributed by atoms with Crippen molar-refractivity contribution < 1.29 is 0 Å². The van der Waals surface area contributed by atoms with Gasteiger partial charge in [0.1, 0.15) is 0 Å². The Morgan fingerprint density at radius 1 is 1.29 bits per heavy atom. The van der Waals surface area contributed by atoms with Crippen LogP contribution in [0.15, 0.2) is 12.1 Å². The van der Waals surface area contributed by atoms with E-state index in [0.717, 1.165) is 12.0 Å². The first kappa shape index (κ1) is 13.1. The third kappa shape index (κ3) is 3.82. The third-order valence-electron chi connectivity index (χ3n) is 3.77. The summed E-state index contributed by atoms with van der Waals surface area (Å²) in [5.74, 6) is 0.811. The van der Waals surface area contributed by atoms with Gasteiger partial charge in [-0.15, -0.1) is 11.3 Å². The summed E-state index contributed by atoms with van der Waals surface area (Å²) in [4.78, 5) is 3.08. The van der Waals surface area contributed by atoms with Gasteiger partial charge >= 0.3 is 0 Å². The molecule has 1 heterocycles. The van der Waals surface area contributed by atoms with Gasteiger partial charge in [0.05, 0.1) is 0 Å². The van der Waals surface area contributed by atoms with Gasteiger partial charge in [0.2, 0.25) is 0 Å². The van der Waals surface area contributed by atoms with Crippen LogP contribution in [0.4, 0.5) is 0 Å². The molecule has 2 heteroatoms. The molecular formula is C15H25NS. The van der Waals surface area contributed by atoms with Crippen molar-refractivity contribution in [3.63, 3.8) is 0 Å². The number of hydrogen-bond acceptors (Lipinski definition) is 2. The van der Waals surface area contributed by atoms with Crippen LogP contribution in [0.3, 0.4) is 0 Å². The lowest BCUT2D eigenvalue weighted by atomic mass is 9.96. The standard InChI is InChI=1S/C15H25NS/c1-3-10-16-14-7-5-4-6-13(11-14)15-9-8-12(2)17-15/h8-9,13-14,16H,3-7,10-11H2,1-2H3. The van der Waals surface area contributed by atoms with Gasteiger partial charge in [0.25, 0.3) is 0 Å². The maximum Gasteiger partial charge on any atom is 0.00796 e. The summed E-state index contributed by atoms with van der Waals surface area (Å²) < 4.78 is 0. The molecule has 0 spiro atoms. The van der Waals surface area contributed by atoms with Gasteiger partial charge in [-0.3, -0.25) is 0 Å². The Labute approximate surface area is 110 Å². The Bertz CT molecular complexity index is 331. The Balaban J connectivity index is 1.96. The summed E-state index contributed by atoms with van der Waals surface area (Å²) >= 11 is 2.00. The topological polar surface area (TPSA) is 12.0 Å². The number of rotatable bonds is 4. The summed E-state index contributed by atoms with van der Waals surface area (Å²) in [5.41, 5.74) is 0. The molecule has 0 aromatic carbocycles. The Hall–Kier alpha value is -0.340. The van der Waals surface area contributed by atoms with Gasteiger partial charge in [0, 0.05) is 15.8 Å². The molecule has 2 atom stereocenters. The van der Waals surface area contributed by atoms with Crippen molar-refractivity contribution in [3.8, 4) is 0 Å². The maximum atomic E-state index is 3.72. The Morgan fingerprint density at radius 3 is 2.82 bits per heavy atom. The number of aryl methyl sites for hydroxylation is 1. The molecule has 1 N–H and O–H groups in total. The highest BCUT2D eigenvalue weighted by Crippen LogP contribution is 2.35. The minimum atomic E-state index is 0.754. The predicted molar refractivity (Wildman–Crippen MR) is 77.0 cm³/mol. The zero-order chi connectivity index (χ0) is 12.1. The molecule has 1 aromatic heterocycles. The van der Waals surface area contributed by atoms with Crippen LogP contribution in [0.2, 0.25) is 0 Å². The second-order valence-corrected chi connectivity index (χ2v) is 6.64. The van der Waals surface area contributed by atoms with Crippen LogP contribution >= 0.6 is 11.3 Å². The minimum absolute atomic E-state index is 0.754. The zero-order valence-electron chi connectivity index (χ0n) is 11.2. The summed E-state index contributed by atoms with van der Waals surface area (Å²) in [6, 6.07) is 5.39. The fourth-order valence-electron chi connectivity index (χ4n) is 2.83. The molecule has 0 radical (unpaired) electrons. The van der Waals surface area contributed by atoms with Crippen molar-refractivity contribution in [2.75, 3.05) is 6.54 Å². The number of hydrogen-bond donors (Lipinski definition) is 1. The molecule has 1 aromatic rings. The molecule has 2 unspecified atom stereocenters. The summed E-state index contributed by atoms with van der Waals surface area (Å²) in [7, 11) is 0. The van der Waals surface area contributed by atoms with Crippen molar-refractivity contribution in [1.29, 1.82) is 0 Å². The van der Waals surface area contributed by atoms with Crippen molar-refractivity contribution in [2.24, 2.45) is 0 Å². The number of thiophene rings is 1. The zero-order valence-corrected chi connectivity index (χ0v) is 12.0. The first-order valence-corrected chi connectivity index (χ1v) is 7.91. The highest BCUT2D eigenvalue weighted by atomic mass is 32.1. The van der Waals surface area contributed by atoms with Crippen LogP contribution in [0.1, 0.15) is 61.1 Å². The average Bonchev–Trinajstić information content (AvgIpc) is 2.63. The quantitative estimate of drug-likeness (QED) is 0.778. The van der Waals surface area contributed by atoms with E-state index < -0.39 is 0 Å². The molecule has 1 saturated carbocycles. The molecule has 0 aliphatic heterocycles. The van der Waals surface area contributed by atoms with E-state index >= 15 is 0 Å². The van der Waals surface area contributed by atoms with Gasteiger partial charge in [-0.05, 0) is 57.2 Å². The van der Waals surface area contributed by atoms with Crippen LogP contribution in [0.5, 0.6) is 0 Å². The van der Waals surface area contributed by atoms with E-state index in [-0.39, 0.29) is 0 Å². The predicted octanol–water partition coefficient (Wildman–Crippen LogP) is 4.47. The second-order valence-electron chi connectivity index (χ2n) is 5.32. The Kier molecular flexibility index (Phi) is 5.05. The normalized spacial score (nSPS) is 25.8. The van der Waals surface area contributed by atoms with Crippen molar-refractivity contribution >= 4 is 11.3 Å². The first-order valence-electron chi connectivity index (χ1n) is 7.09. The second kappa shape index (κ2) is 6.55. The molecule has 17 heavy (non-hydrogen) atoms. The van der Waals surface area contributed by atoms with Crippen LogP contribution in [-0.4, -0.2) is 12.6 Å². The highest BCUT2D eigenvalue weighted by molar-refractivity contribution is 7.12. The molecule has 1 fully saturated rings. The molecule has 1 nitrogen and oxygen atoms in total. The van der Waals surface area contributed by atoms with Crippen LogP contribution in [0, 0.1) is 6.92 Å². The lowest BCUT2D eigenvalue weighted by Crippen LogP contribution is -2.30. The molecule has 0 amide bonds. The third-order valence-corrected chi connectivity index (χ3v) is 4.93. The average molecular weight is 251 g/mol. The van der Waals surface area contributed by atoms with Crippen LogP contribution in [-0.2, 0) is 0 Å². The van der Waals surface area contributed by atoms with E-state index in [1.54, 1.807) is 4.88 Å². The van der Waals surface area contributed by atoms with Gasteiger partial charge in [-0.2, -0.15) is 0 Å². The van der Waals surface area contributed by atoms with E-state index in [9.17, 15) is 0 Å². The number of nitrogens with one attached hydrogen (secondary N) is 1. The minimum Gasteiger partial charge on any atom is -0.314 e. The monoisotopic (exact) mass is 251 g/mol. The van der Waals surface area contributed by atoms with E-state index in [2.05, 4.69) is 31.3 Å². The molecule has 2 rings (SSSR count). The molecule has 96 valence electrons. The van der Waals surface area contributed by atoms with Gasteiger partial charge in [-0.25, -0.2) is 0 Å². The van der Waals surface area contributed by atoms with Gasteiger partial charge < -0.3 is 5.32 Å². The molecule has 0 saturated heterocycles. The summed E-state index contributed by atoms with van der Waals surface area (Å²) in [5, 5.41) is 3.72. The molecule has 1 aliphatic rings. The van der Waals surface area contributed by atoms with Crippen molar-refractivity contribution in [2.45, 2.75) is 64.3 Å². The van der Waals surface area contributed by atoms with Crippen molar-refractivity contribution in [3.05, 3.63) is 21.9 Å². The smallest absolute Gasteiger partial charge is 0.00796 e. The Morgan fingerprint density at radius 2 is 2.12 bits per heavy atom. The van der Waals surface area contributed by atoms with Gasteiger partial charge in [0.15, 0.2) is 0 Å². The van der Waals surface area contributed by atoms with Crippen LogP contribution < -0.4 is 5.32 Å².